The maximum atomic E-state index is 9.95. The van der Waals surface area contributed by atoms with Crippen molar-refractivity contribution in [3.8, 4) is 0 Å². The average molecular weight is 190 g/mol. The quantitative estimate of drug-likeness (QED) is 0.355. The van der Waals surface area contributed by atoms with Crippen LogP contribution in [0.4, 0.5) is 0 Å². The summed E-state index contributed by atoms with van der Waals surface area (Å²) in [4.78, 5) is 9.70. The van der Waals surface area contributed by atoms with Crippen LogP contribution >= 0.6 is 0 Å². The molecule has 0 amide bonds. The molecule has 0 aliphatic carbocycles. The van der Waals surface area contributed by atoms with Crippen LogP contribution in [0.15, 0.2) is 0 Å². The Kier molecular flexibility index (Phi) is 7.55. The summed E-state index contributed by atoms with van der Waals surface area (Å²) < 4.78 is 28.0. The largest absolute Gasteiger partial charge is 1.00 e. The molecular weight excluding hydrogens is 183 g/mol. The van der Waals surface area contributed by atoms with Crippen molar-refractivity contribution in [2.75, 3.05) is 5.75 Å². The van der Waals surface area contributed by atoms with Crippen LogP contribution in [-0.4, -0.2) is 24.7 Å². The molecule has 1 N–H and O–H groups in total. The fourth-order valence-electron chi connectivity index (χ4n) is 0.399. The van der Waals surface area contributed by atoms with Crippen molar-refractivity contribution in [2.24, 2.45) is 0 Å². The van der Waals surface area contributed by atoms with Crippen LogP contribution in [0.2, 0.25) is 0 Å². The van der Waals surface area contributed by atoms with Gasteiger partial charge in [0.2, 0.25) is 0 Å². The zero-order valence-corrected chi connectivity index (χ0v) is 8.93. The first kappa shape index (κ1) is 13.9. The SMILES string of the molecule is O=C([O-])CCCS(=O)(=O)O.[Na+]. The van der Waals surface area contributed by atoms with Gasteiger partial charge in [0.15, 0.2) is 0 Å². The molecule has 0 rings (SSSR count). The second-order valence-electron chi connectivity index (χ2n) is 1.76. The van der Waals surface area contributed by atoms with Gasteiger partial charge in [0.25, 0.3) is 10.1 Å². The number of hydrogen-bond acceptors (Lipinski definition) is 4. The number of carbonyl (C=O) groups excluding carboxylic acids is 1. The zero-order valence-electron chi connectivity index (χ0n) is 6.11. The monoisotopic (exact) mass is 190 g/mol. The molecule has 0 radical (unpaired) electrons. The van der Waals surface area contributed by atoms with E-state index >= 15 is 0 Å². The Hall–Kier alpha value is 0.380. The maximum absolute atomic E-state index is 9.95. The van der Waals surface area contributed by atoms with E-state index in [2.05, 4.69) is 0 Å². The molecule has 0 fully saturated rings. The van der Waals surface area contributed by atoms with E-state index in [0.717, 1.165) is 0 Å². The summed E-state index contributed by atoms with van der Waals surface area (Å²) in [6.07, 6.45) is -0.457. The minimum Gasteiger partial charge on any atom is -0.550 e. The first-order chi connectivity index (χ1) is 4.42. The number of carboxylic acid groups (broad SMARTS) is 1. The van der Waals surface area contributed by atoms with E-state index in [9.17, 15) is 18.3 Å². The van der Waals surface area contributed by atoms with E-state index in [4.69, 9.17) is 4.55 Å². The van der Waals surface area contributed by atoms with Crippen molar-refractivity contribution in [3.63, 3.8) is 0 Å². The van der Waals surface area contributed by atoms with Gasteiger partial charge < -0.3 is 9.90 Å². The van der Waals surface area contributed by atoms with Crippen molar-refractivity contribution in [2.45, 2.75) is 12.8 Å². The topological polar surface area (TPSA) is 94.5 Å². The van der Waals surface area contributed by atoms with Gasteiger partial charge in [-0.3, -0.25) is 4.55 Å². The van der Waals surface area contributed by atoms with Crippen molar-refractivity contribution in [1.82, 2.24) is 0 Å². The van der Waals surface area contributed by atoms with Crippen molar-refractivity contribution < 1.29 is 52.4 Å². The summed E-state index contributed by atoms with van der Waals surface area (Å²) in [5, 5.41) is 9.70. The molecule has 0 saturated heterocycles. The second-order valence-corrected chi connectivity index (χ2v) is 3.33. The molecule has 5 nitrogen and oxygen atoms in total. The molecule has 0 saturated carbocycles. The molecule has 0 spiro atoms. The number of hydrogen-bond donors (Lipinski definition) is 1. The summed E-state index contributed by atoms with van der Waals surface area (Å²) in [7, 11) is -4.01. The third-order valence-electron chi connectivity index (χ3n) is 0.783. The van der Waals surface area contributed by atoms with E-state index < -0.39 is 21.8 Å². The molecule has 0 atom stereocenters. The van der Waals surface area contributed by atoms with Crippen LogP contribution in [0.1, 0.15) is 12.8 Å². The van der Waals surface area contributed by atoms with Crippen LogP contribution < -0.4 is 34.7 Å². The second kappa shape index (κ2) is 5.96. The van der Waals surface area contributed by atoms with E-state index in [1.165, 1.54) is 0 Å². The molecule has 0 aliphatic heterocycles. The van der Waals surface area contributed by atoms with Gasteiger partial charge in [-0.2, -0.15) is 8.42 Å². The Bertz CT molecular complexity index is 209. The van der Waals surface area contributed by atoms with Gasteiger partial charge in [-0.1, -0.05) is 0 Å². The van der Waals surface area contributed by atoms with E-state index in [1.807, 2.05) is 0 Å². The molecule has 0 aromatic rings. The van der Waals surface area contributed by atoms with E-state index in [0.29, 0.717) is 0 Å². The Morgan fingerprint density at radius 3 is 2.18 bits per heavy atom. The summed E-state index contributed by atoms with van der Waals surface area (Å²) in [6.45, 7) is 0. The summed E-state index contributed by atoms with van der Waals surface area (Å²) >= 11 is 0. The fourth-order valence-corrected chi connectivity index (χ4v) is 0.908. The fraction of sp³-hybridized carbons (Fsp3) is 0.750. The van der Waals surface area contributed by atoms with Gasteiger partial charge in [0.1, 0.15) is 0 Å². The van der Waals surface area contributed by atoms with Gasteiger partial charge in [-0.05, 0) is 12.8 Å². The van der Waals surface area contributed by atoms with Gasteiger partial charge in [-0.25, -0.2) is 0 Å². The Morgan fingerprint density at radius 2 is 1.91 bits per heavy atom. The molecule has 0 heterocycles. The molecule has 11 heavy (non-hydrogen) atoms. The van der Waals surface area contributed by atoms with Crippen LogP contribution in [0, 0.1) is 0 Å². The summed E-state index contributed by atoms with van der Waals surface area (Å²) in [6, 6.07) is 0. The first-order valence-corrected chi connectivity index (χ1v) is 4.18. The van der Waals surface area contributed by atoms with Gasteiger partial charge >= 0.3 is 29.6 Å². The van der Waals surface area contributed by atoms with Crippen LogP contribution in [0.3, 0.4) is 0 Å². The molecule has 0 aromatic heterocycles. The van der Waals surface area contributed by atoms with Crippen LogP contribution in [0.5, 0.6) is 0 Å². The molecule has 0 unspecified atom stereocenters. The molecule has 0 bridgehead atoms. The summed E-state index contributed by atoms with van der Waals surface area (Å²) in [5.74, 6) is -1.84. The van der Waals surface area contributed by atoms with Gasteiger partial charge in [-0.15, -0.1) is 0 Å². The van der Waals surface area contributed by atoms with Crippen molar-refractivity contribution in [3.05, 3.63) is 0 Å². The summed E-state index contributed by atoms with van der Waals surface area (Å²) in [5.41, 5.74) is 0. The number of aliphatic carboxylic acids is 1. The van der Waals surface area contributed by atoms with Gasteiger partial charge in [0.05, 0.1) is 5.75 Å². The Morgan fingerprint density at radius 1 is 1.45 bits per heavy atom. The molecule has 0 aromatic carbocycles. The smallest absolute Gasteiger partial charge is 0.550 e. The minimum atomic E-state index is -4.01. The van der Waals surface area contributed by atoms with E-state index in [-0.39, 0.29) is 42.4 Å². The number of carboxylic acids is 1. The van der Waals surface area contributed by atoms with Gasteiger partial charge in [0, 0.05) is 5.97 Å². The molecule has 0 aliphatic rings. The zero-order chi connectivity index (χ0) is 8.20. The average Bonchev–Trinajstić information content (AvgIpc) is 1.59. The first-order valence-electron chi connectivity index (χ1n) is 2.57. The number of rotatable bonds is 4. The van der Waals surface area contributed by atoms with E-state index in [1.54, 1.807) is 0 Å². The third-order valence-corrected chi connectivity index (χ3v) is 1.59. The molecule has 7 heteroatoms. The predicted molar refractivity (Wildman–Crippen MR) is 30.7 cm³/mol. The van der Waals surface area contributed by atoms with Crippen LogP contribution in [-0.2, 0) is 14.9 Å². The molecule has 60 valence electrons. The number of carbonyl (C=O) groups is 1. The maximum Gasteiger partial charge on any atom is 1.00 e. The molecular formula is C4H7NaO5S. The van der Waals surface area contributed by atoms with Crippen LogP contribution in [0.25, 0.3) is 0 Å². The van der Waals surface area contributed by atoms with Crippen molar-refractivity contribution >= 4 is 16.1 Å². The third kappa shape index (κ3) is 13.4. The minimum absolute atomic E-state index is 0. The standard InChI is InChI=1S/C4H8O5S.Na/c5-4(6)2-1-3-10(7,8)9;/h1-3H2,(H,5,6)(H,7,8,9);/q;+1/p-1. The van der Waals surface area contributed by atoms with Crippen molar-refractivity contribution in [1.29, 1.82) is 0 Å². The Labute approximate surface area is 86.8 Å². The Balaban J connectivity index is 0. The predicted octanol–water partition coefficient (Wildman–Crippen LogP) is -4.59. The normalized spacial score (nSPS) is 10.3.